The summed E-state index contributed by atoms with van der Waals surface area (Å²) in [4.78, 5) is 31.5. The number of furan rings is 1. The Morgan fingerprint density at radius 3 is 2.42 bits per heavy atom. The molecule has 0 bridgehead atoms. The molecule has 1 aromatic rings. The van der Waals surface area contributed by atoms with Crippen LogP contribution in [0.15, 0.2) is 27.8 Å². The molecule has 26 heavy (non-hydrogen) atoms. The number of nitrogens with one attached hydrogen (secondary N) is 2. The standard InChI is InChI=1S/C16H25N5O4.HI/c1-3-24-16(23)21-10-8-20(9-11-21)15(17-2)19-7-6-18-14(22)13-5-4-12-25-13;/h4-5,12H,3,6-11H2,1-2H3,(H,17,19)(H,18,22);1H. The third-order valence-corrected chi connectivity index (χ3v) is 3.76. The van der Waals surface area contributed by atoms with Gasteiger partial charge in [0.15, 0.2) is 11.7 Å². The summed E-state index contributed by atoms with van der Waals surface area (Å²) in [7, 11) is 1.71. The molecule has 2 heterocycles. The Morgan fingerprint density at radius 1 is 1.19 bits per heavy atom. The summed E-state index contributed by atoms with van der Waals surface area (Å²) in [6, 6.07) is 3.29. The first kappa shape index (κ1) is 22.1. The molecule has 0 atom stereocenters. The van der Waals surface area contributed by atoms with Crippen LogP contribution < -0.4 is 10.6 Å². The number of ether oxygens (including phenoxy) is 1. The van der Waals surface area contributed by atoms with Crippen LogP contribution in [-0.4, -0.2) is 80.7 Å². The summed E-state index contributed by atoms with van der Waals surface area (Å²) in [6.45, 7) is 5.70. The minimum Gasteiger partial charge on any atom is -0.459 e. The lowest BCUT2D eigenvalue weighted by molar-refractivity contribution is 0.0914. The number of hydrogen-bond acceptors (Lipinski definition) is 5. The van der Waals surface area contributed by atoms with E-state index >= 15 is 0 Å². The highest BCUT2D eigenvalue weighted by molar-refractivity contribution is 14.0. The minimum absolute atomic E-state index is 0. The van der Waals surface area contributed by atoms with Crippen LogP contribution in [0.3, 0.4) is 0 Å². The second kappa shape index (κ2) is 11.6. The van der Waals surface area contributed by atoms with E-state index < -0.39 is 0 Å². The molecule has 0 saturated carbocycles. The van der Waals surface area contributed by atoms with Crippen molar-refractivity contribution in [2.24, 2.45) is 4.99 Å². The van der Waals surface area contributed by atoms with Crippen molar-refractivity contribution in [3.05, 3.63) is 24.2 Å². The van der Waals surface area contributed by atoms with Gasteiger partial charge in [0.05, 0.1) is 12.9 Å². The molecule has 1 saturated heterocycles. The van der Waals surface area contributed by atoms with Crippen molar-refractivity contribution in [2.45, 2.75) is 6.92 Å². The first-order valence-electron chi connectivity index (χ1n) is 8.34. The van der Waals surface area contributed by atoms with Crippen LogP contribution in [0, 0.1) is 0 Å². The molecular formula is C16H26IN5O4. The van der Waals surface area contributed by atoms with Crippen LogP contribution in [0.5, 0.6) is 0 Å². The van der Waals surface area contributed by atoms with Crippen LogP contribution in [0.25, 0.3) is 0 Å². The van der Waals surface area contributed by atoms with Gasteiger partial charge in [-0.2, -0.15) is 0 Å². The normalized spacial score (nSPS) is 14.5. The lowest BCUT2D eigenvalue weighted by atomic mass is 10.3. The largest absolute Gasteiger partial charge is 0.459 e. The first-order chi connectivity index (χ1) is 12.2. The predicted octanol–water partition coefficient (Wildman–Crippen LogP) is 0.977. The van der Waals surface area contributed by atoms with E-state index in [4.69, 9.17) is 9.15 Å². The van der Waals surface area contributed by atoms with Gasteiger partial charge in [-0.1, -0.05) is 0 Å². The third-order valence-electron chi connectivity index (χ3n) is 3.76. The predicted molar refractivity (Wildman–Crippen MR) is 108 cm³/mol. The van der Waals surface area contributed by atoms with E-state index in [-0.39, 0.29) is 36.0 Å². The zero-order valence-electron chi connectivity index (χ0n) is 15.1. The molecule has 1 aliphatic rings. The quantitative estimate of drug-likeness (QED) is 0.283. The van der Waals surface area contributed by atoms with Crippen molar-refractivity contribution >= 4 is 41.9 Å². The molecule has 0 spiro atoms. The molecular weight excluding hydrogens is 453 g/mol. The Morgan fingerprint density at radius 2 is 1.85 bits per heavy atom. The Labute approximate surface area is 170 Å². The highest BCUT2D eigenvalue weighted by atomic mass is 127. The van der Waals surface area contributed by atoms with Crippen molar-refractivity contribution in [2.75, 3.05) is 52.9 Å². The maximum Gasteiger partial charge on any atom is 0.409 e. The number of aliphatic imine (C=N–C) groups is 1. The fourth-order valence-corrected chi connectivity index (χ4v) is 2.49. The summed E-state index contributed by atoms with van der Waals surface area (Å²) in [5.74, 6) is 0.792. The van der Waals surface area contributed by atoms with Gasteiger partial charge in [0, 0.05) is 46.3 Å². The maximum absolute atomic E-state index is 11.8. The molecule has 9 nitrogen and oxygen atoms in total. The molecule has 0 radical (unpaired) electrons. The lowest BCUT2D eigenvalue weighted by Gasteiger charge is -2.35. The molecule has 2 rings (SSSR count). The van der Waals surface area contributed by atoms with Crippen LogP contribution in [0.2, 0.25) is 0 Å². The molecule has 2 amide bonds. The van der Waals surface area contributed by atoms with Crippen LogP contribution in [0.4, 0.5) is 4.79 Å². The summed E-state index contributed by atoms with van der Waals surface area (Å²) < 4.78 is 10.0. The van der Waals surface area contributed by atoms with E-state index in [9.17, 15) is 9.59 Å². The van der Waals surface area contributed by atoms with E-state index in [1.807, 2.05) is 0 Å². The van der Waals surface area contributed by atoms with E-state index in [0.29, 0.717) is 51.6 Å². The van der Waals surface area contributed by atoms with Crippen LogP contribution >= 0.6 is 24.0 Å². The van der Waals surface area contributed by atoms with Gasteiger partial charge in [-0.05, 0) is 19.1 Å². The molecule has 1 fully saturated rings. The van der Waals surface area contributed by atoms with Gasteiger partial charge in [-0.3, -0.25) is 9.79 Å². The second-order valence-electron chi connectivity index (χ2n) is 5.38. The fourth-order valence-electron chi connectivity index (χ4n) is 2.49. The SMILES string of the molecule is CCOC(=O)N1CCN(C(=NC)NCCNC(=O)c2ccco2)CC1.I. The summed E-state index contributed by atoms with van der Waals surface area (Å²) >= 11 is 0. The summed E-state index contributed by atoms with van der Waals surface area (Å²) in [5.41, 5.74) is 0. The zero-order valence-corrected chi connectivity index (χ0v) is 17.4. The Bertz CT molecular complexity index is 585. The molecule has 1 aromatic heterocycles. The van der Waals surface area contributed by atoms with Crippen molar-refractivity contribution in [3.8, 4) is 0 Å². The Hall–Kier alpha value is -1.98. The van der Waals surface area contributed by atoms with Gasteiger partial charge < -0.3 is 29.6 Å². The molecule has 0 unspecified atom stereocenters. The Balaban J connectivity index is 0.00000338. The molecule has 1 aliphatic heterocycles. The van der Waals surface area contributed by atoms with E-state index in [1.165, 1.54) is 6.26 Å². The Kier molecular flexibility index (Phi) is 9.84. The highest BCUT2D eigenvalue weighted by Crippen LogP contribution is 2.04. The van der Waals surface area contributed by atoms with Gasteiger partial charge in [0.1, 0.15) is 0 Å². The topological polar surface area (TPSA) is 99.4 Å². The zero-order chi connectivity index (χ0) is 18.1. The fraction of sp³-hybridized carbons (Fsp3) is 0.562. The lowest BCUT2D eigenvalue weighted by Crippen LogP contribution is -2.54. The number of carbonyl (C=O) groups excluding carboxylic acids is 2. The number of hydrogen-bond donors (Lipinski definition) is 2. The number of carbonyl (C=O) groups is 2. The van der Waals surface area contributed by atoms with Gasteiger partial charge in [0.25, 0.3) is 5.91 Å². The summed E-state index contributed by atoms with van der Waals surface area (Å²) in [6.07, 6.45) is 1.19. The average Bonchev–Trinajstić information content (AvgIpc) is 3.17. The van der Waals surface area contributed by atoms with E-state index in [0.717, 1.165) is 5.96 Å². The number of nitrogens with zero attached hydrogens (tertiary/aromatic N) is 3. The highest BCUT2D eigenvalue weighted by Gasteiger charge is 2.23. The summed E-state index contributed by atoms with van der Waals surface area (Å²) in [5, 5.41) is 5.97. The van der Waals surface area contributed by atoms with E-state index in [1.54, 1.807) is 31.0 Å². The van der Waals surface area contributed by atoms with Crippen molar-refractivity contribution in [3.63, 3.8) is 0 Å². The molecule has 0 aromatic carbocycles. The first-order valence-corrected chi connectivity index (χ1v) is 8.34. The van der Waals surface area contributed by atoms with Gasteiger partial charge in [-0.25, -0.2) is 4.79 Å². The average molecular weight is 479 g/mol. The molecule has 146 valence electrons. The van der Waals surface area contributed by atoms with Crippen molar-refractivity contribution < 1.29 is 18.7 Å². The monoisotopic (exact) mass is 479 g/mol. The molecule has 2 N–H and O–H groups in total. The smallest absolute Gasteiger partial charge is 0.409 e. The van der Waals surface area contributed by atoms with Crippen molar-refractivity contribution in [1.29, 1.82) is 0 Å². The number of halogens is 1. The van der Waals surface area contributed by atoms with Crippen molar-refractivity contribution in [1.82, 2.24) is 20.4 Å². The second-order valence-corrected chi connectivity index (χ2v) is 5.38. The van der Waals surface area contributed by atoms with Gasteiger partial charge >= 0.3 is 6.09 Å². The number of rotatable bonds is 5. The number of amides is 2. The maximum atomic E-state index is 11.8. The van der Waals surface area contributed by atoms with Crippen LogP contribution in [-0.2, 0) is 4.74 Å². The number of piperazine rings is 1. The minimum atomic E-state index is -0.272. The van der Waals surface area contributed by atoms with Gasteiger partial charge in [-0.15, -0.1) is 24.0 Å². The molecule has 10 heteroatoms. The third kappa shape index (κ3) is 6.39. The molecule has 0 aliphatic carbocycles. The van der Waals surface area contributed by atoms with Crippen LogP contribution in [0.1, 0.15) is 17.5 Å². The van der Waals surface area contributed by atoms with Gasteiger partial charge in [0.2, 0.25) is 0 Å². The van der Waals surface area contributed by atoms with E-state index in [2.05, 4.69) is 20.5 Å². The number of guanidine groups is 1.